The van der Waals surface area contributed by atoms with Crippen LogP contribution in [0, 0.1) is 0 Å². The highest BCUT2D eigenvalue weighted by Gasteiger charge is 2.17. The third kappa shape index (κ3) is 40.4. The van der Waals surface area contributed by atoms with E-state index in [1.165, 1.54) is 77.0 Å². The maximum atomic E-state index is 12.6. The number of unbranched alkanes of at least 4 members (excludes halogenated alkanes) is 18. The second kappa shape index (κ2) is 43.0. The average Bonchev–Trinajstić information content (AvgIpc) is 3.14. The molecule has 0 fully saturated rings. The predicted molar refractivity (Wildman–Crippen MR) is 224 cm³/mol. The monoisotopic (exact) mass is 727 g/mol. The van der Waals surface area contributed by atoms with E-state index in [1.54, 1.807) is 0 Å². The van der Waals surface area contributed by atoms with Gasteiger partial charge < -0.3 is 14.2 Å². The van der Waals surface area contributed by atoms with E-state index in [1.807, 2.05) is 0 Å². The summed E-state index contributed by atoms with van der Waals surface area (Å²) >= 11 is 0. The Hall–Kier alpha value is -2.40. The van der Waals surface area contributed by atoms with Gasteiger partial charge in [0.1, 0.15) is 6.61 Å². The minimum absolute atomic E-state index is 0.0683. The Bertz CT molecular complexity index is 915. The first-order chi connectivity index (χ1) is 25.6. The quantitative estimate of drug-likeness (QED) is 0.0358. The molecule has 0 saturated carbocycles. The number of ether oxygens (including phenoxy) is 3. The Balaban J connectivity index is 4.23. The Morgan fingerprint density at radius 1 is 0.442 bits per heavy atom. The van der Waals surface area contributed by atoms with Gasteiger partial charge in [-0.25, -0.2) is 0 Å². The lowest BCUT2D eigenvalue weighted by Gasteiger charge is -2.18. The Labute approximate surface area is 322 Å². The molecule has 1 unspecified atom stereocenters. The molecule has 0 aromatic heterocycles. The zero-order chi connectivity index (χ0) is 37.8. The van der Waals surface area contributed by atoms with Crippen LogP contribution in [0.3, 0.4) is 0 Å². The molecular formula is C47H82O5. The molecule has 0 heterocycles. The van der Waals surface area contributed by atoms with Gasteiger partial charge in [-0.15, -0.1) is 0 Å². The van der Waals surface area contributed by atoms with Gasteiger partial charge in [0.05, 0.1) is 6.61 Å². The standard InChI is InChI=1S/C47H82O5/c1-4-7-10-13-16-18-20-22-24-25-27-29-32-34-37-40-46(48)51-44-45(52-47(49)41-38-35-31-15-12-9-6-3)43-50-42-39-36-33-30-28-26-23-21-19-17-14-11-8-5-2/h8,11,16-19,22-24,26,45H,4-7,9-10,12-15,20-21,25,27-44H2,1-3H3/b11-8-,18-16-,19-17-,24-22-,26-23-. The summed E-state index contributed by atoms with van der Waals surface area (Å²) in [6, 6.07) is 0. The van der Waals surface area contributed by atoms with Gasteiger partial charge in [0.15, 0.2) is 6.10 Å². The second-order valence-electron chi connectivity index (χ2n) is 14.2. The Morgan fingerprint density at radius 2 is 0.865 bits per heavy atom. The van der Waals surface area contributed by atoms with E-state index >= 15 is 0 Å². The lowest BCUT2D eigenvalue weighted by Crippen LogP contribution is -2.30. The number of carbonyl (C=O) groups excluding carboxylic acids is 2. The first-order valence-corrected chi connectivity index (χ1v) is 21.8. The third-order valence-electron chi connectivity index (χ3n) is 9.04. The minimum Gasteiger partial charge on any atom is -0.462 e. The van der Waals surface area contributed by atoms with Crippen molar-refractivity contribution >= 4 is 11.9 Å². The Kier molecular flexibility index (Phi) is 41.0. The van der Waals surface area contributed by atoms with Crippen LogP contribution in [0.1, 0.15) is 201 Å². The minimum atomic E-state index is -0.549. The topological polar surface area (TPSA) is 61.8 Å². The largest absolute Gasteiger partial charge is 0.462 e. The average molecular weight is 727 g/mol. The van der Waals surface area contributed by atoms with Crippen LogP contribution < -0.4 is 0 Å². The molecule has 0 aliphatic rings. The van der Waals surface area contributed by atoms with Crippen molar-refractivity contribution in [3.63, 3.8) is 0 Å². The molecule has 52 heavy (non-hydrogen) atoms. The van der Waals surface area contributed by atoms with Crippen molar-refractivity contribution in [2.24, 2.45) is 0 Å². The highest BCUT2D eigenvalue weighted by Crippen LogP contribution is 2.12. The summed E-state index contributed by atoms with van der Waals surface area (Å²) in [5.41, 5.74) is 0. The van der Waals surface area contributed by atoms with Crippen LogP contribution >= 0.6 is 0 Å². The summed E-state index contributed by atoms with van der Waals surface area (Å²) < 4.78 is 17.2. The smallest absolute Gasteiger partial charge is 0.306 e. The molecule has 5 heteroatoms. The van der Waals surface area contributed by atoms with E-state index in [-0.39, 0.29) is 25.2 Å². The maximum absolute atomic E-state index is 12.6. The highest BCUT2D eigenvalue weighted by molar-refractivity contribution is 5.70. The van der Waals surface area contributed by atoms with Crippen molar-refractivity contribution in [3.05, 3.63) is 60.8 Å². The van der Waals surface area contributed by atoms with E-state index in [4.69, 9.17) is 14.2 Å². The zero-order valence-electron chi connectivity index (χ0n) is 34.3. The van der Waals surface area contributed by atoms with Gasteiger partial charge in [-0.3, -0.25) is 9.59 Å². The van der Waals surface area contributed by atoms with Gasteiger partial charge in [-0.1, -0.05) is 165 Å². The number of hydrogen-bond donors (Lipinski definition) is 0. The molecule has 0 amide bonds. The summed E-state index contributed by atoms with van der Waals surface area (Å²) in [6.07, 6.45) is 52.2. The number of carbonyl (C=O) groups is 2. The lowest BCUT2D eigenvalue weighted by atomic mass is 10.1. The number of esters is 2. The van der Waals surface area contributed by atoms with Crippen molar-refractivity contribution in [1.82, 2.24) is 0 Å². The normalized spacial score (nSPS) is 12.8. The molecular weight excluding hydrogens is 645 g/mol. The van der Waals surface area contributed by atoms with E-state index in [0.717, 1.165) is 89.9 Å². The van der Waals surface area contributed by atoms with Gasteiger partial charge >= 0.3 is 11.9 Å². The fourth-order valence-electron chi connectivity index (χ4n) is 5.79. The maximum Gasteiger partial charge on any atom is 0.306 e. The summed E-state index contributed by atoms with van der Waals surface area (Å²) in [5.74, 6) is -0.434. The summed E-state index contributed by atoms with van der Waals surface area (Å²) in [6.45, 7) is 7.58. The SMILES string of the molecule is CC/C=C\C/C=C\C/C=C\CCCCCCOCC(COC(=O)CCCCCCC/C=C\C/C=C\CCCCC)OC(=O)CCCCCCCCC. The molecule has 0 rings (SSSR count). The molecule has 0 bridgehead atoms. The van der Waals surface area contributed by atoms with Crippen molar-refractivity contribution in [2.45, 2.75) is 207 Å². The second-order valence-corrected chi connectivity index (χ2v) is 14.2. The van der Waals surface area contributed by atoms with Crippen LogP contribution in [0.5, 0.6) is 0 Å². The van der Waals surface area contributed by atoms with Crippen molar-refractivity contribution in [3.8, 4) is 0 Å². The zero-order valence-corrected chi connectivity index (χ0v) is 34.3. The fourth-order valence-corrected chi connectivity index (χ4v) is 5.79. The molecule has 1 atom stereocenters. The molecule has 0 aromatic carbocycles. The molecule has 5 nitrogen and oxygen atoms in total. The van der Waals surface area contributed by atoms with Crippen LogP contribution in [0.15, 0.2) is 60.8 Å². The van der Waals surface area contributed by atoms with Gasteiger partial charge in [0.2, 0.25) is 0 Å². The van der Waals surface area contributed by atoms with Crippen LogP contribution in [-0.4, -0.2) is 37.9 Å². The summed E-state index contributed by atoms with van der Waals surface area (Å²) in [7, 11) is 0. The summed E-state index contributed by atoms with van der Waals surface area (Å²) in [5, 5.41) is 0. The molecule has 300 valence electrons. The number of hydrogen-bond acceptors (Lipinski definition) is 5. The third-order valence-corrected chi connectivity index (χ3v) is 9.04. The van der Waals surface area contributed by atoms with Gasteiger partial charge in [0.25, 0.3) is 0 Å². The Morgan fingerprint density at radius 3 is 1.42 bits per heavy atom. The molecule has 0 aliphatic heterocycles. The van der Waals surface area contributed by atoms with Gasteiger partial charge in [0, 0.05) is 19.4 Å². The molecule has 0 saturated heterocycles. The van der Waals surface area contributed by atoms with E-state index in [9.17, 15) is 9.59 Å². The van der Waals surface area contributed by atoms with E-state index in [2.05, 4.69) is 81.5 Å². The summed E-state index contributed by atoms with van der Waals surface area (Å²) in [4.78, 5) is 25.1. The molecule has 0 spiro atoms. The van der Waals surface area contributed by atoms with Crippen LogP contribution in [0.4, 0.5) is 0 Å². The number of rotatable bonds is 39. The molecule has 0 radical (unpaired) electrons. The number of allylic oxidation sites excluding steroid dienone is 10. The van der Waals surface area contributed by atoms with E-state index in [0.29, 0.717) is 19.4 Å². The molecule has 0 aliphatic carbocycles. The van der Waals surface area contributed by atoms with Crippen molar-refractivity contribution < 1.29 is 23.8 Å². The van der Waals surface area contributed by atoms with Crippen LogP contribution in [0.25, 0.3) is 0 Å². The van der Waals surface area contributed by atoms with Crippen molar-refractivity contribution in [2.75, 3.05) is 19.8 Å². The van der Waals surface area contributed by atoms with Crippen LogP contribution in [-0.2, 0) is 23.8 Å². The predicted octanol–water partition coefficient (Wildman–Crippen LogP) is 14.2. The van der Waals surface area contributed by atoms with Crippen LogP contribution in [0.2, 0.25) is 0 Å². The lowest BCUT2D eigenvalue weighted by molar-refractivity contribution is -0.163. The molecule has 0 aromatic rings. The van der Waals surface area contributed by atoms with Crippen molar-refractivity contribution in [1.29, 1.82) is 0 Å². The molecule has 0 N–H and O–H groups in total. The fraction of sp³-hybridized carbons (Fsp3) is 0.745. The first-order valence-electron chi connectivity index (χ1n) is 21.8. The highest BCUT2D eigenvalue weighted by atomic mass is 16.6. The first kappa shape index (κ1) is 49.6. The van der Waals surface area contributed by atoms with Gasteiger partial charge in [-0.2, -0.15) is 0 Å². The van der Waals surface area contributed by atoms with Gasteiger partial charge in [-0.05, 0) is 83.5 Å². The van der Waals surface area contributed by atoms with E-state index < -0.39 is 6.10 Å².